The molecule has 0 aliphatic heterocycles. The number of nitro groups is 1. The number of hydrogen-bond acceptors (Lipinski definition) is 2. The van der Waals surface area contributed by atoms with Crippen LogP contribution in [-0.2, 0) is 0 Å². The van der Waals surface area contributed by atoms with Crippen LogP contribution in [0.3, 0.4) is 0 Å². The molecule has 0 rings (SSSR count). The van der Waals surface area contributed by atoms with Gasteiger partial charge in [0.2, 0.25) is 9.49 Å². The molecule has 12 heavy (non-hydrogen) atoms. The number of hydrogen-bond donors (Lipinski definition) is 0. The van der Waals surface area contributed by atoms with Crippen LogP contribution in [0.1, 0.15) is 19.8 Å². The second-order valence-electron chi connectivity index (χ2n) is 2.18. The quantitative estimate of drug-likeness (QED) is 0.426. The molecule has 3 nitrogen and oxygen atoms in total. The lowest BCUT2D eigenvalue weighted by Gasteiger charge is -2.03. The lowest BCUT2D eigenvalue weighted by atomic mass is 10.2. The number of alkyl halides is 3. The van der Waals surface area contributed by atoms with Crippen LogP contribution in [0.25, 0.3) is 0 Å². The van der Waals surface area contributed by atoms with Crippen molar-refractivity contribution in [3.05, 3.63) is 21.9 Å². The summed E-state index contributed by atoms with van der Waals surface area (Å²) in [7, 11) is 0. The first kappa shape index (κ1) is 12.0. The van der Waals surface area contributed by atoms with Crippen LogP contribution in [0.2, 0.25) is 0 Å². The molecule has 0 unspecified atom stereocenters. The van der Waals surface area contributed by atoms with E-state index in [1.165, 1.54) is 0 Å². The molecule has 0 saturated heterocycles. The van der Waals surface area contributed by atoms with Gasteiger partial charge in [0.1, 0.15) is 0 Å². The maximum absolute atomic E-state index is 10.3. The van der Waals surface area contributed by atoms with E-state index >= 15 is 0 Å². The summed E-state index contributed by atoms with van der Waals surface area (Å²) in [6.07, 6.45) is 1.98. The monoisotopic (exact) mass is 231 g/mol. The predicted octanol–water partition coefficient (Wildman–Crippen LogP) is 3.32. The van der Waals surface area contributed by atoms with Gasteiger partial charge in [-0.3, -0.25) is 10.1 Å². The number of rotatable bonds is 3. The third-order valence-electron chi connectivity index (χ3n) is 1.07. The van der Waals surface area contributed by atoms with E-state index in [1.807, 2.05) is 6.92 Å². The van der Waals surface area contributed by atoms with E-state index in [-0.39, 0.29) is 5.70 Å². The molecular formula is C6H8Cl3NO2. The molecule has 0 spiro atoms. The van der Waals surface area contributed by atoms with Crippen molar-refractivity contribution < 1.29 is 4.92 Å². The Balaban J connectivity index is 4.50. The number of nitrogens with zero attached hydrogens (tertiary/aromatic N) is 1. The van der Waals surface area contributed by atoms with Crippen LogP contribution >= 0.6 is 34.8 Å². The number of allylic oxidation sites excluding steroid dienone is 2. The summed E-state index contributed by atoms with van der Waals surface area (Å²) in [5.74, 6) is 0. The van der Waals surface area contributed by atoms with Gasteiger partial charge >= 0.3 is 0 Å². The SMILES string of the molecule is CCC/C(=C/C(Cl)(Cl)Cl)[N+](=O)[O-]. The summed E-state index contributed by atoms with van der Waals surface area (Å²) in [6.45, 7) is 1.82. The van der Waals surface area contributed by atoms with Crippen LogP contribution in [0.5, 0.6) is 0 Å². The molecule has 6 heteroatoms. The van der Waals surface area contributed by atoms with E-state index in [0.29, 0.717) is 12.8 Å². The number of halogens is 3. The smallest absolute Gasteiger partial charge is 0.246 e. The van der Waals surface area contributed by atoms with Gasteiger partial charge in [-0.2, -0.15) is 0 Å². The Bertz CT molecular complexity index is 197. The van der Waals surface area contributed by atoms with Gasteiger partial charge in [-0.25, -0.2) is 0 Å². The highest BCUT2D eigenvalue weighted by molar-refractivity contribution is 6.68. The largest absolute Gasteiger partial charge is 0.259 e. The van der Waals surface area contributed by atoms with Crippen molar-refractivity contribution in [1.29, 1.82) is 0 Å². The fourth-order valence-corrected chi connectivity index (χ4v) is 1.04. The van der Waals surface area contributed by atoms with Crippen molar-refractivity contribution in [1.82, 2.24) is 0 Å². The Morgan fingerprint density at radius 2 is 2.08 bits per heavy atom. The molecule has 0 aromatic heterocycles. The van der Waals surface area contributed by atoms with Crippen LogP contribution in [0.4, 0.5) is 0 Å². The molecule has 0 amide bonds. The molecule has 0 aromatic rings. The van der Waals surface area contributed by atoms with E-state index in [1.54, 1.807) is 0 Å². The molecule has 70 valence electrons. The highest BCUT2D eigenvalue weighted by Gasteiger charge is 2.22. The molecule has 0 N–H and O–H groups in total. The summed E-state index contributed by atoms with van der Waals surface area (Å²) in [5.41, 5.74) is -0.0579. The molecule has 0 fully saturated rings. The summed E-state index contributed by atoms with van der Waals surface area (Å²) >= 11 is 16.1. The van der Waals surface area contributed by atoms with E-state index in [9.17, 15) is 10.1 Å². The van der Waals surface area contributed by atoms with Gasteiger partial charge in [0.05, 0.1) is 4.92 Å². The zero-order valence-electron chi connectivity index (χ0n) is 6.39. The third-order valence-corrected chi connectivity index (χ3v) is 1.40. The van der Waals surface area contributed by atoms with Crippen LogP contribution < -0.4 is 0 Å². The minimum absolute atomic E-state index is 0.0579. The normalized spacial score (nSPS) is 13.2. The Hall–Kier alpha value is 0.01000. The van der Waals surface area contributed by atoms with Gasteiger partial charge in [-0.1, -0.05) is 41.7 Å². The van der Waals surface area contributed by atoms with Gasteiger partial charge in [-0.05, 0) is 6.42 Å². The first-order valence-electron chi connectivity index (χ1n) is 3.29. The van der Waals surface area contributed by atoms with Crippen molar-refractivity contribution in [3.63, 3.8) is 0 Å². The van der Waals surface area contributed by atoms with Gasteiger partial charge in [0.25, 0.3) is 0 Å². The first-order valence-corrected chi connectivity index (χ1v) is 4.43. The zero-order valence-corrected chi connectivity index (χ0v) is 8.66. The van der Waals surface area contributed by atoms with E-state index in [0.717, 1.165) is 6.08 Å². The Morgan fingerprint density at radius 3 is 2.33 bits per heavy atom. The summed E-state index contributed by atoms with van der Waals surface area (Å²) in [6, 6.07) is 0. The standard InChI is InChI=1S/C6H8Cl3NO2/c1-2-3-5(10(11)12)4-6(7,8)9/h4H,2-3H2,1H3/b5-4-. The molecule has 0 aromatic carbocycles. The lowest BCUT2D eigenvalue weighted by molar-refractivity contribution is -0.428. The van der Waals surface area contributed by atoms with Crippen molar-refractivity contribution >= 4 is 34.8 Å². The van der Waals surface area contributed by atoms with Gasteiger partial charge in [-0.15, -0.1) is 0 Å². The maximum Gasteiger partial charge on any atom is 0.246 e. The average molecular weight is 232 g/mol. The lowest BCUT2D eigenvalue weighted by Crippen LogP contribution is -2.05. The van der Waals surface area contributed by atoms with Gasteiger partial charge in [0, 0.05) is 12.5 Å². The van der Waals surface area contributed by atoms with Crippen molar-refractivity contribution in [2.24, 2.45) is 0 Å². The highest BCUT2D eigenvalue weighted by Crippen LogP contribution is 2.29. The average Bonchev–Trinajstić information content (AvgIpc) is 1.83. The van der Waals surface area contributed by atoms with Crippen molar-refractivity contribution in [2.75, 3.05) is 0 Å². The third kappa shape index (κ3) is 5.63. The Labute approximate surface area is 85.4 Å². The summed E-state index contributed by atoms with van der Waals surface area (Å²) in [5, 5.41) is 10.3. The fourth-order valence-electron chi connectivity index (χ4n) is 0.661. The maximum atomic E-state index is 10.3. The molecule has 0 atom stereocenters. The second-order valence-corrected chi connectivity index (χ2v) is 4.55. The van der Waals surface area contributed by atoms with Crippen LogP contribution in [0.15, 0.2) is 11.8 Å². The molecule has 0 saturated carbocycles. The summed E-state index contributed by atoms with van der Waals surface area (Å²) < 4.78 is -1.68. The zero-order chi connectivity index (χ0) is 9.78. The van der Waals surface area contributed by atoms with E-state index in [4.69, 9.17) is 34.8 Å². The van der Waals surface area contributed by atoms with E-state index in [2.05, 4.69) is 0 Å². The molecule has 0 aliphatic carbocycles. The van der Waals surface area contributed by atoms with Crippen molar-refractivity contribution in [2.45, 2.75) is 23.6 Å². The molecule has 0 heterocycles. The molecular weight excluding hydrogens is 224 g/mol. The topological polar surface area (TPSA) is 43.1 Å². The molecule has 0 aliphatic rings. The molecule has 0 bridgehead atoms. The summed E-state index contributed by atoms with van der Waals surface area (Å²) in [4.78, 5) is 9.79. The predicted molar refractivity (Wildman–Crippen MR) is 50.3 cm³/mol. The Morgan fingerprint density at radius 1 is 1.58 bits per heavy atom. The fraction of sp³-hybridized carbons (Fsp3) is 0.667. The highest BCUT2D eigenvalue weighted by atomic mass is 35.6. The minimum atomic E-state index is -1.68. The van der Waals surface area contributed by atoms with E-state index < -0.39 is 8.72 Å². The minimum Gasteiger partial charge on any atom is -0.259 e. The molecule has 0 radical (unpaired) electrons. The van der Waals surface area contributed by atoms with Gasteiger partial charge < -0.3 is 0 Å². The van der Waals surface area contributed by atoms with Gasteiger partial charge in [0.15, 0.2) is 0 Å². The second kappa shape index (κ2) is 4.90. The van der Waals surface area contributed by atoms with Crippen LogP contribution in [0, 0.1) is 10.1 Å². The van der Waals surface area contributed by atoms with Crippen molar-refractivity contribution in [3.8, 4) is 0 Å². The van der Waals surface area contributed by atoms with Crippen LogP contribution in [-0.4, -0.2) is 8.72 Å². The first-order chi connectivity index (χ1) is 5.37. The Kier molecular flexibility index (Phi) is 4.90.